The Kier molecular flexibility index (Phi) is 4.79. The van der Waals surface area contributed by atoms with Crippen LogP contribution in [0.3, 0.4) is 0 Å². The Hall–Kier alpha value is -0.100. The van der Waals surface area contributed by atoms with Gasteiger partial charge in [-0.15, -0.1) is 0 Å². The first kappa shape index (κ1) is 14.0. The minimum absolute atomic E-state index is 0.203. The van der Waals surface area contributed by atoms with Crippen LogP contribution in [0.15, 0.2) is 0 Å². The van der Waals surface area contributed by atoms with Crippen molar-refractivity contribution in [1.29, 1.82) is 0 Å². The molecule has 6 heteroatoms. The van der Waals surface area contributed by atoms with E-state index < -0.39 is 5.54 Å². The van der Waals surface area contributed by atoms with Gasteiger partial charge in [-0.1, -0.05) is 32.6 Å². The van der Waals surface area contributed by atoms with Crippen molar-refractivity contribution in [2.45, 2.75) is 51.5 Å². The zero-order valence-electron chi connectivity index (χ0n) is 9.50. The largest absolute Gasteiger partial charge is 0.348 e. The Labute approximate surface area is 113 Å². The average Bonchev–Trinajstić information content (AvgIpc) is 2.42. The minimum Gasteiger partial charge on any atom is -0.271 e. The summed E-state index contributed by atoms with van der Waals surface area (Å²) in [6.07, 6.45) is 5.05. The SMILES string of the molecule is CCCCCCC1(C)C(=O)N(Br)C(=O)N1Br. The number of nitrogens with zero attached hydrogens (tertiary/aromatic N) is 2. The predicted molar refractivity (Wildman–Crippen MR) is 69.1 cm³/mol. The molecule has 0 bridgehead atoms. The topological polar surface area (TPSA) is 40.6 Å². The van der Waals surface area contributed by atoms with Crippen LogP contribution in [-0.2, 0) is 4.79 Å². The van der Waals surface area contributed by atoms with Crippen molar-refractivity contribution in [2.24, 2.45) is 0 Å². The van der Waals surface area contributed by atoms with Crippen LogP contribution in [0.4, 0.5) is 4.79 Å². The molecule has 1 fully saturated rings. The van der Waals surface area contributed by atoms with Gasteiger partial charge in [-0.2, -0.15) is 3.93 Å². The van der Waals surface area contributed by atoms with E-state index in [1.54, 1.807) is 6.92 Å². The number of hydrogen-bond donors (Lipinski definition) is 0. The average molecular weight is 356 g/mol. The summed E-state index contributed by atoms with van der Waals surface area (Å²) in [6.45, 7) is 3.93. The Balaban J connectivity index is 2.62. The molecule has 0 N–H and O–H groups in total. The van der Waals surface area contributed by atoms with Gasteiger partial charge in [0.15, 0.2) is 0 Å². The highest BCUT2D eigenvalue weighted by Crippen LogP contribution is 2.36. The standard InChI is InChI=1S/C10H16Br2N2O2/c1-3-4-5-6-7-10(2)8(15)13(11)9(16)14(10)12/h3-7H2,1-2H3. The van der Waals surface area contributed by atoms with E-state index in [-0.39, 0.29) is 11.9 Å². The fourth-order valence-corrected chi connectivity index (χ4v) is 3.01. The molecule has 1 heterocycles. The van der Waals surface area contributed by atoms with E-state index in [0.29, 0.717) is 6.42 Å². The number of carbonyl (C=O) groups excluding carboxylic acids is 2. The van der Waals surface area contributed by atoms with E-state index in [1.165, 1.54) is 10.3 Å². The second-order valence-electron chi connectivity index (χ2n) is 4.23. The molecule has 1 aliphatic heterocycles. The number of imide groups is 1. The molecule has 1 rings (SSSR count). The summed E-state index contributed by atoms with van der Waals surface area (Å²) >= 11 is 6.14. The second kappa shape index (κ2) is 5.49. The van der Waals surface area contributed by atoms with Gasteiger partial charge in [0.25, 0.3) is 5.91 Å². The van der Waals surface area contributed by atoms with Crippen LogP contribution in [0.5, 0.6) is 0 Å². The van der Waals surface area contributed by atoms with Crippen LogP contribution >= 0.6 is 32.3 Å². The number of hydrogen-bond acceptors (Lipinski definition) is 2. The van der Waals surface area contributed by atoms with Crippen molar-refractivity contribution < 1.29 is 9.59 Å². The maximum Gasteiger partial charge on any atom is 0.348 e. The normalized spacial score (nSPS) is 25.8. The lowest BCUT2D eigenvalue weighted by molar-refractivity contribution is -0.128. The van der Waals surface area contributed by atoms with Gasteiger partial charge in [0.05, 0.1) is 32.3 Å². The van der Waals surface area contributed by atoms with E-state index in [0.717, 1.165) is 23.2 Å². The molecular weight excluding hydrogens is 340 g/mol. The van der Waals surface area contributed by atoms with E-state index in [4.69, 9.17) is 0 Å². The first-order valence-corrected chi connectivity index (χ1v) is 6.87. The molecule has 0 aromatic carbocycles. The molecule has 1 saturated heterocycles. The van der Waals surface area contributed by atoms with Gasteiger partial charge in [0.2, 0.25) is 0 Å². The molecule has 0 saturated carbocycles. The molecule has 0 aliphatic carbocycles. The monoisotopic (exact) mass is 354 g/mol. The maximum absolute atomic E-state index is 11.9. The molecule has 0 aromatic heterocycles. The molecule has 1 atom stereocenters. The quantitative estimate of drug-likeness (QED) is 0.429. The third kappa shape index (κ3) is 2.42. The highest BCUT2D eigenvalue weighted by Gasteiger charge is 2.52. The Bertz CT molecular complexity index is 299. The van der Waals surface area contributed by atoms with Crippen LogP contribution in [0.1, 0.15) is 46.0 Å². The third-order valence-electron chi connectivity index (χ3n) is 2.93. The molecule has 1 aliphatic rings. The summed E-state index contributed by atoms with van der Waals surface area (Å²) in [5, 5.41) is 0. The van der Waals surface area contributed by atoms with E-state index in [1.807, 2.05) is 0 Å². The molecule has 4 nitrogen and oxygen atoms in total. The zero-order chi connectivity index (χ0) is 12.3. The summed E-state index contributed by atoms with van der Waals surface area (Å²) < 4.78 is 2.32. The number of carbonyl (C=O) groups is 2. The lowest BCUT2D eigenvalue weighted by atomic mass is 9.94. The summed E-state index contributed by atoms with van der Waals surface area (Å²) in [7, 11) is 0. The van der Waals surface area contributed by atoms with Gasteiger partial charge in [0, 0.05) is 0 Å². The van der Waals surface area contributed by atoms with Gasteiger partial charge in [-0.25, -0.2) is 8.72 Å². The number of unbranched alkanes of at least 4 members (excludes halogenated alkanes) is 3. The molecule has 0 aromatic rings. The Morgan fingerprint density at radius 3 is 2.25 bits per heavy atom. The number of urea groups is 1. The van der Waals surface area contributed by atoms with Gasteiger partial charge < -0.3 is 0 Å². The molecular formula is C10H16Br2N2O2. The maximum atomic E-state index is 11.9. The number of halogens is 2. The van der Waals surface area contributed by atoms with Crippen LogP contribution in [0, 0.1) is 0 Å². The van der Waals surface area contributed by atoms with Crippen molar-refractivity contribution in [3.05, 3.63) is 0 Å². The van der Waals surface area contributed by atoms with Crippen molar-refractivity contribution in [3.63, 3.8) is 0 Å². The van der Waals surface area contributed by atoms with Crippen molar-refractivity contribution in [3.8, 4) is 0 Å². The number of amides is 3. The highest BCUT2D eigenvalue weighted by molar-refractivity contribution is 9.08. The Morgan fingerprint density at radius 2 is 1.81 bits per heavy atom. The predicted octanol–water partition coefficient (Wildman–Crippen LogP) is 3.60. The molecule has 0 radical (unpaired) electrons. The fraction of sp³-hybridized carbons (Fsp3) is 0.800. The molecule has 3 amide bonds. The first-order valence-electron chi connectivity index (χ1n) is 5.45. The van der Waals surface area contributed by atoms with Crippen molar-refractivity contribution >= 4 is 44.2 Å². The second-order valence-corrected chi connectivity index (χ2v) is 5.65. The van der Waals surface area contributed by atoms with Crippen LogP contribution in [0.25, 0.3) is 0 Å². The Morgan fingerprint density at radius 1 is 1.19 bits per heavy atom. The van der Waals surface area contributed by atoms with Crippen LogP contribution in [0.2, 0.25) is 0 Å². The smallest absolute Gasteiger partial charge is 0.271 e. The van der Waals surface area contributed by atoms with E-state index in [9.17, 15) is 9.59 Å². The molecule has 1 unspecified atom stereocenters. The van der Waals surface area contributed by atoms with E-state index >= 15 is 0 Å². The summed E-state index contributed by atoms with van der Waals surface area (Å²) in [5.74, 6) is -0.203. The van der Waals surface area contributed by atoms with Gasteiger partial charge >= 0.3 is 6.03 Å². The lowest BCUT2D eigenvalue weighted by Gasteiger charge is -2.25. The molecule has 16 heavy (non-hydrogen) atoms. The summed E-state index contributed by atoms with van der Waals surface area (Å²) in [5.41, 5.74) is -0.756. The van der Waals surface area contributed by atoms with Crippen molar-refractivity contribution in [2.75, 3.05) is 0 Å². The highest BCUT2D eigenvalue weighted by atomic mass is 79.9. The van der Waals surface area contributed by atoms with Crippen LogP contribution < -0.4 is 0 Å². The molecule has 92 valence electrons. The van der Waals surface area contributed by atoms with Gasteiger partial charge in [-0.3, -0.25) is 4.79 Å². The minimum atomic E-state index is -0.756. The van der Waals surface area contributed by atoms with E-state index in [2.05, 4.69) is 39.2 Å². The third-order valence-corrected chi connectivity index (χ3v) is 4.64. The molecule has 0 spiro atoms. The zero-order valence-corrected chi connectivity index (χ0v) is 12.7. The van der Waals surface area contributed by atoms with Gasteiger partial charge in [0.1, 0.15) is 5.54 Å². The van der Waals surface area contributed by atoms with Gasteiger partial charge in [-0.05, 0) is 13.3 Å². The lowest BCUT2D eigenvalue weighted by Crippen LogP contribution is -2.41. The summed E-state index contributed by atoms with van der Waals surface area (Å²) in [4.78, 5) is 23.5. The first-order chi connectivity index (χ1) is 7.45. The number of rotatable bonds is 5. The summed E-state index contributed by atoms with van der Waals surface area (Å²) in [6, 6.07) is -0.358. The van der Waals surface area contributed by atoms with Crippen LogP contribution in [-0.4, -0.2) is 25.3 Å². The fourth-order valence-electron chi connectivity index (χ4n) is 1.77. The van der Waals surface area contributed by atoms with Crippen molar-refractivity contribution in [1.82, 2.24) is 7.85 Å².